The second kappa shape index (κ2) is 3.90. The first-order valence-electron chi connectivity index (χ1n) is 5.75. The molecule has 2 aliphatic carbocycles. The Morgan fingerprint density at radius 3 is 2.64 bits per heavy atom. The molecule has 1 nitrogen and oxygen atoms in total. The highest BCUT2D eigenvalue weighted by Gasteiger charge is 2.30. The van der Waals surface area contributed by atoms with Crippen LogP contribution in [0.15, 0.2) is 24.3 Å². The molecule has 2 unspecified atom stereocenters. The summed E-state index contributed by atoms with van der Waals surface area (Å²) in [6.07, 6.45) is 14.0. The van der Waals surface area contributed by atoms with Gasteiger partial charge < -0.3 is 5.11 Å². The van der Waals surface area contributed by atoms with Gasteiger partial charge in [-0.25, -0.2) is 0 Å². The molecule has 0 spiro atoms. The third kappa shape index (κ3) is 2.27. The van der Waals surface area contributed by atoms with Crippen LogP contribution >= 0.6 is 0 Å². The summed E-state index contributed by atoms with van der Waals surface area (Å²) in [7, 11) is 0. The van der Waals surface area contributed by atoms with E-state index in [1.807, 2.05) is 6.08 Å². The summed E-state index contributed by atoms with van der Waals surface area (Å²) in [5, 5.41) is 10.3. The summed E-state index contributed by atoms with van der Waals surface area (Å²) >= 11 is 0. The van der Waals surface area contributed by atoms with Gasteiger partial charge in [-0.1, -0.05) is 31.2 Å². The third-order valence-corrected chi connectivity index (χ3v) is 3.52. The average molecular weight is 192 g/mol. The standard InChI is InChI=1S/C13H20O/c1-11-6-8-13(14,9-7-11)10-12-4-2-3-5-12/h2-3,6,8,11-12,14H,4-5,7,9-10H2,1H3. The van der Waals surface area contributed by atoms with Crippen LogP contribution in [0.25, 0.3) is 0 Å². The molecule has 0 aliphatic heterocycles. The van der Waals surface area contributed by atoms with Crippen molar-refractivity contribution in [3.05, 3.63) is 24.3 Å². The summed E-state index contributed by atoms with van der Waals surface area (Å²) < 4.78 is 0. The molecule has 0 aromatic carbocycles. The van der Waals surface area contributed by atoms with Gasteiger partial charge in [0.25, 0.3) is 0 Å². The van der Waals surface area contributed by atoms with E-state index in [-0.39, 0.29) is 0 Å². The molecule has 2 aliphatic rings. The highest BCUT2D eigenvalue weighted by Crippen LogP contribution is 2.34. The van der Waals surface area contributed by atoms with Crippen LogP contribution in [0.4, 0.5) is 0 Å². The lowest BCUT2D eigenvalue weighted by Crippen LogP contribution is -2.31. The molecule has 0 fully saturated rings. The van der Waals surface area contributed by atoms with Crippen molar-refractivity contribution < 1.29 is 5.11 Å². The van der Waals surface area contributed by atoms with Crippen molar-refractivity contribution in [3.8, 4) is 0 Å². The van der Waals surface area contributed by atoms with E-state index in [4.69, 9.17) is 0 Å². The zero-order chi connectivity index (χ0) is 10.0. The topological polar surface area (TPSA) is 20.2 Å². The van der Waals surface area contributed by atoms with E-state index in [0.717, 1.165) is 32.1 Å². The van der Waals surface area contributed by atoms with Crippen molar-refractivity contribution in [1.82, 2.24) is 0 Å². The van der Waals surface area contributed by atoms with Crippen LogP contribution in [0.2, 0.25) is 0 Å². The van der Waals surface area contributed by atoms with Gasteiger partial charge >= 0.3 is 0 Å². The van der Waals surface area contributed by atoms with Gasteiger partial charge in [0.2, 0.25) is 0 Å². The number of hydrogen-bond acceptors (Lipinski definition) is 1. The molecule has 0 amide bonds. The summed E-state index contributed by atoms with van der Waals surface area (Å²) in [6, 6.07) is 0. The first kappa shape index (κ1) is 9.97. The minimum Gasteiger partial charge on any atom is -0.386 e. The predicted octanol–water partition coefficient (Wildman–Crippen LogP) is 3.06. The Kier molecular flexibility index (Phi) is 2.78. The van der Waals surface area contributed by atoms with Gasteiger partial charge in [0, 0.05) is 0 Å². The highest BCUT2D eigenvalue weighted by atomic mass is 16.3. The molecule has 0 aromatic rings. The minimum atomic E-state index is -0.497. The van der Waals surface area contributed by atoms with Crippen LogP contribution < -0.4 is 0 Å². The average Bonchev–Trinajstić information content (AvgIpc) is 2.63. The number of allylic oxidation sites excluding steroid dienone is 3. The Bertz CT molecular complexity index is 246. The van der Waals surface area contributed by atoms with E-state index in [1.54, 1.807) is 0 Å². The molecular weight excluding hydrogens is 172 g/mol. The Morgan fingerprint density at radius 1 is 1.36 bits per heavy atom. The second-order valence-electron chi connectivity index (χ2n) is 4.99. The van der Waals surface area contributed by atoms with E-state index < -0.39 is 5.60 Å². The van der Waals surface area contributed by atoms with Crippen molar-refractivity contribution in [2.45, 2.75) is 44.6 Å². The van der Waals surface area contributed by atoms with Crippen LogP contribution in [-0.2, 0) is 0 Å². The fraction of sp³-hybridized carbons (Fsp3) is 0.692. The lowest BCUT2D eigenvalue weighted by Gasteiger charge is -2.32. The van der Waals surface area contributed by atoms with Gasteiger partial charge in [0.1, 0.15) is 0 Å². The van der Waals surface area contributed by atoms with Crippen molar-refractivity contribution >= 4 is 0 Å². The molecule has 0 bridgehead atoms. The van der Waals surface area contributed by atoms with Crippen molar-refractivity contribution in [3.63, 3.8) is 0 Å². The lowest BCUT2D eigenvalue weighted by atomic mass is 9.79. The first-order valence-corrected chi connectivity index (χ1v) is 5.75. The van der Waals surface area contributed by atoms with Crippen molar-refractivity contribution in [1.29, 1.82) is 0 Å². The molecular formula is C13H20O. The predicted molar refractivity (Wildman–Crippen MR) is 59.0 cm³/mol. The maximum atomic E-state index is 10.3. The Hall–Kier alpha value is -0.560. The minimum absolute atomic E-state index is 0.497. The zero-order valence-electron chi connectivity index (χ0n) is 8.95. The quantitative estimate of drug-likeness (QED) is 0.667. The van der Waals surface area contributed by atoms with Gasteiger partial charge in [0.15, 0.2) is 0 Å². The van der Waals surface area contributed by atoms with E-state index in [1.165, 1.54) is 0 Å². The third-order valence-electron chi connectivity index (χ3n) is 3.52. The molecule has 0 heterocycles. The van der Waals surface area contributed by atoms with Gasteiger partial charge in [-0.15, -0.1) is 0 Å². The van der Waals surface area contributed by atoms with Crippen LogP contribution in [0.5, 0.6) is 0 Å². The summed E-state index contributed by atoms with van der Waals surface area (Å²) in [4.78, 5) is 0. The number of aliphatic hydroxyl groups is 1. The maximum absolute atomic E-state index is 10.3. The molecule has 0 saturated carbocycles. The smallest absolute Gasteiger partial charge is 0.0830 e. The Labute approximate surface area is 86.5 Å². The fourth-order valence-corrected chi connectivity index (χ4v) is 2.51. The molecule has 78 valence electrons. The molecule has 0 radical (unpaired) electrons. The number of rotatable bonds is 2. The fourth-order valence-electron chi connectivity index (χ4n) is 2.51. The summed E-state index contributed by atoms with van der Waals surface area (Å²) in [5.41, 5.74) is -0.497. The number of hydrogen-bond donors (Lipinski definition) is 1. The van der Waals surface area contributed by atoms with Crippen molar-refractivity contribution in [2.24, 2.45) is 11.8 Å². The molecule has 0 aromatic heterocycles. The molecule has 1 N–H and O–H groups in total. The highest BCUT2D eigenvalue weighted by molar-refractivity contribution is 5.09. The Morgan fingerprint density at radius 2 is 2.07 bits per heavy atom. The van der Waals surface area contributed by atoms with Crippen molar-refractivity contribution in [2.75, 3.05) is 0 Å². The van der Waals surface area contributed by atoms with E-state index in [2.05, 4.69) is 25.2 Å². The van der Waals surface area contributed by atoms with E-state index >= 15 is 0 Å². The normalized spacial score (nSPS) is 38.0. The van der Waals surface area contributed by atoms with Crippen LogP contribution in [-0.4, -0.2) is 10.7 Å². The maximum Gasteiger partial charge on any atom is 0.0830 e. The van der Waals surface area contributed by atoms with Gasteiger partial charge in [-0.3, -0.25) is 0 Å². The van der Waals surface area contributed by atoms with E-state index in [9.17, 15) is 5.11 Å². The zero-order valence-corrected chi connectivity index (χ0v) is 8.95. The van der Waals surface area contributed by atoms with Crippen LogP contribution in [0.3, 0.4) is 0 Å². The molecule has 2 rings (SSSR count). The Balaban J connectivity index is 1.92. The molecule has 0 saturated heterocycles. The van der Waals surface area contributed by atoms with E-state index in [0.29, 0.717) is 11.8 Å². The lowest BCUT2D eigenvalue weighted by molar-refractivity contribution is 0.0454. The molecule has 14 heavy (non-hydrogen) atoms. The largest absolute Gasteiger partial charge is 0.386 e. The van der Waals surface area contributed by atoms with Gasteiger partial charge in [-0.05, 0) is 43.9 Å². The molecule has 1 heteroatoms. The molecule has 2 atom stereocenters. The second-order valence-corrected chi connectivity index (χ2v) is 4.99. The SMILES string of the molecule is CC1C=CC(O)(CC2CC=CC2)CC1. The van der Waals surface area contributed by atoms with Crippen LogP contribution in [0, 0.1) is 11.8 Å². The monoisotopic (exact) mass is 192 g/mol. The van der Waals surface area contributed by atoms with Gasteiger partial charge in [-0.2, -0.15) is 0 Å². The van der Waals surface area contributed by atoms with Gasteiger partial charge in [0.05, 0.1) is 5.60 Å². The summed E-state index contributed by atoms with van der Waals surface area (Å²) in [5.74, 6) is 1.33. The van der Waals surface area contributed by atoms with Crippen LogP contribution in [0.1, 0.15) is 39.0 Å². The summed E-state index contributed by atoms with van der Waals surface area (Å²) in [6.45, 7) is 2.22. The first-order chi connectivity index (χ1) is 6.68.